The Bertz CT molecular complexity index is 494. The molecule has 0 aliphatic rings. The van der Waals surface area contributed by atoms with Crippen molar-refractivity contribution in [1.29, 1.82) is 0 Å². The van der Waals surface area contributed by atoms with E-state index >= 15 is 0 Å². The van der Waals surface area contributed by atoms with Crippen LogP contribution in [0.3, 0.4) is 0 Å². The van der Waals surface area contributed by atoms with E-state index < -0.39 is 11.9 Å². The third-order valence-corrected chi connectivity index (χ3v) is 2.93. The molecule has 0 fully saturated rings. The molecule has 0 spiro atoms. The highest BCUT2D eigenvalue weighted by atomic mass is 32.1. The summed E-state index contributed by atoms with van der Waals surface area (Å²) in [5, 5.41) is 2.75. The van der Waals surface area contributed by atoms with Gasteiger partial charge in [0.15, 0.2) is 6.10 Å². The van der Waals surface area contributed by atoms with E-state index in [-0.39, 0.29) is 22.2 Å². The van der Waals surface area contributed by atoms with Crippen molar-refractivity contribution in [2.24, 2.45) is 5.73 Å². The second-order valence-electron chi connectivity index (χ2n) is 4.38. The minimum Gasteiger partial charge on any atom is -0.480 e. The Morgan fingerprint density at radius 2 is 2.25 bits per heavy atom. The fourth-order valence-corrected chi connectivity index (χ4v) is 1.82. The number of benzene rings is 1. The van der Waals surface area contributed by atoms with Crippen LogP contribution in [0.25, 0.3) is 0 Å². The Morgan fingerprint density at radius 3 is 2.85 bits per heavy atom. The minimum absolute atomic E-state index is 0.0238. The van der Waals surface area contributed by atoms with E-state index in [4.69, 9.17) is 22.7 Å². The van der Waals surface area contributed by atoms with Crippen LogP contribution in [0.5, 0.6) is 5.75 Å². The summed E-state index contributed by atoms with van der Waals surface area (Å²) in [4.78, 5) is 11.7. The first-order valence-corrected chi connectivity index (χ1v) is 6.90. The predicted molar refractivity (Wildman–Crippen MR) is 80.3 cm³/mol. The van der Waals surface area contributed by atoms with Gasteiger partial charge in [0.2, 0.25) is 0 Å². The molecule has 1 atom stereocenters. The monoisotopic (exact) mass is 298 g/mol. The van der Waals surface area contributed by atoms with Gasteiger partial charge >= 0.3 is 0 Å². The van der Waals surface area contributed by atoms with Crippen LogP contribution < -0.4 is 15.8 Å². The SMILES string of the molecule is CCCCNC(=O)C(C)Oc1cccc(F)c1C(N)=S. The van der Waals surface area contributed by atoms with Gasteiger partial charge in [0.05, 0.1) is 5.56 Å². The van der Waals surface area contributed by atoms with Crippen LogP contribution in [0, 0.1) is 5.82 Å². The first-order chi connectivity index (χ1) is 9.47. The molecule has 1 aromatic rings. The van der Waals surface area contributed by atoms with Crippen molar-refractivity contribution < 1.29 is 13.9 Å². The molecule has 1 unspecified atom stereocenters. The number of unbranched alkanes of at least 4 members (excludes halogenated alkanes) is 1. The van der Waals surface area contributed by atoms with Gasteiger partial charge in [0.25, 0.3) is 5.91 Å². The van der Waals surface area contributed by atoms with Crippen molar-refractivity contribution in [1.82, 2.24) is 5.32 Å². The number of thiocarbonyl (C=S) groups is 1. The first-order valence-electron chi connectivity index (χ1n) is 6.50. The van der Waals surface area contributed by atoms with E-state index in [1.807, 2.05) is 6.92 Å². The van der Waals surface area contributed by atoms with Gasteiger partial charge in [-0.15, -0.1) is 0 Å². The van der Waals surface area contributed by atoms with Gasteiger partial charge in [0.1, 0.15) is 16.6 Å². The number of carbonyl (C=O) groups is 1. The minimum atomic E-state index is -0.748. The molecule has 6 heteroatoms. The molecule has 1 amide bonds. The van der Waals surface area contributed by atoms with Crippen LogP contribution in [-0.2, 0) is 4.79 Å². The Balaban J connectivity index is 2.75. The molecule has 20 heavy (non-hydrogen) atoms. The third-order valence-electron chi connectivity index (χ3n) is 2.72. The lowest BCUT2D eigenvalue weighted by molar-refractivity contribution is -0.127. The highest BCUT2D eigenvalue weighted by Gasteiger charge is 2.18. The fraction of sp³-hybridized carbons (Fsp3) is 0.429. The first kappa shape index (κ1) is 16.4. The second-order valence-corrected chi connectivity index (χ2v) is 4.82. The van der Waals surface area contributed by atoms with Gasteiger partial charge in [-0.25, -0.2) is 4.39 Å². The summed E-state index contributed by atoms with van der Waals surface area (Å²) in [6.45, 7) is 4.22. The van der Waals surface area contributed by atoms with Crippen molar-refractivity contribution >= 4 is 23.1 Å². The van der Waals surface area contributed by atoms with Crippen LogP contribution in [0.15, 0.2) is 18.2 Å². The zero-order chi connectivity index (χ0) is 15.1. The molecule has 0 aliphatic heterocycles. The summed E-state index contributed by atoms with van der Waals surface area (Å²) in [5.41, 5.74) is 5.50. The molecular formula is C14H19FN2O2S. The van der Waals surface area contributed by atoms with E-state index in [0.29, 0.717) is 6.54 Å². The molecule has 0 bridgehead atoms. The number of halogens is 1. The van der Waals surface area contributed by atoms with E-state index in [1.165, 1.54) is 18.2 Å². The zero-order valence-electron chi connectivity index (χ0n) is 11.6. The Labute approximate surface area is 123 Å². The van der Waals surface area contributed by atoms with Gasteiger partial charge in [0, 0.05) is 6.54 Å². The van der Waals surface area contributed by atoms with Crippen molar-refractivity contribution in [3.05, 3.63) is 29.6 Å². The highest BCUT2D eigenvalue weighted by Crippen LogP contribution is 2.22. The van der Waals surface area contributed by atoms with Crippen LogP contribution in [-0.4, -0.2) is 23.5 Å². The van der Waals surface area contributed by atoms with E-state index in [0.717, 1.165) is 12.8 Å². The molecule has 4 nitrogen and oxygen atoms in total. The molecular weight excluding hydrogens is 279 g/mol. The van der Waals surface area contributed by atoms with E-state index in [9.17, 15) is 9.18 Å². The molecule has 0 saturated carbocycles. The van der Waals surface area contributed by atoms with Gasteiger partial charge < -0.3 is 15.8 Å². The maximum Gasteiger partial charge on any atom is 0.260 e. The lowest BCUT2D eigenvalue weighted by Crippen LogP contribution is -2.37. The maximum atomic E-state index is 13.7. The summed E-state index contributed by atoms with van der Waals surface area (Å²) in [6, 6.07) is 4.26. The molecule has 1 rings (SSSR count). The van der Waals surface area contributed by atoms with Crippen molar-refractivity contribution in [3.8, 4) is 5.75 Å². The maximum absolute atomic E-state index is 13.7. The third kappa shape index (κ3) is 4.45. The largest absolute Gasteiger partial charge is 0.480 e. The zero-order valence-corrected chi connectivity index (χ0v) is 12.4. The standard InChI is InChI=1S/C14H19FN2O2S/c1-3-4-8-17-14(18)9(2)19-11-7-5-6-10(15)12(11)13(16)20/h5-7,9H,3-4,8H2,1-2H3,(H2,16,20)(H,17,18). The van der Waals surface area contributed by atoms with Crippen molar-refractivity contribution in [2.45, 2.75) is 32.8 Å². The fourth-order valence-electron chi connectivity index (χ4n) is 1.62. The average molecular weight is 298 g/mol. The Hall–Kier alpha value is -1.69. The smallest absolute Gasteiger partial charge is 0.260 e. The molecule has 0 radical (unpaired) electrons. The lowest BCUT2D eigenvalue weighted by atomic mass is 10.2. The van der Waals surface area contributed by atoms with Crippen molar-refractivity contribution in [2.75, 3.05) is 6.54 Å². The van der Waals surface area contributed by atoms with Crippen molar-refractivity contribution in [3.63, 3.8) is 0 Å². The number of carbonyl (C=O) groups excluding carboxylic acids is 1. The summed E-state index contributed by atoms with van der Waals surface area (Å²) in [7, 11) is 0. The number of ether oxygens (including phenoxy) is 1. The van der Waals surface area contributed by atoms with Gasteiger partial charge in [-0.3, -0.25) is 4.79 Å². The molecule has 0 saturated heterocycles. The average Bonchev–Trinajstić information content (AvgIpc) is 2.38. The topological polar surface area (TPSA) is 64.3 Å². The van der Waals surface area contributed by atoms with Crippen LogP contribution in [0.2, 0.25) is 0 Å². The molecule has 3 N–H and O–H groups in total. The van der Waals surface area contributed by atoms with E-state index in [1.54, 1.807) is 6.92 Å². The molecule has 1 aromatic carbocycles. The lowest BCUT2D eigenvalue weighted by Gasteiger charge is -2.17. The number of amides is 1. The Kier molecular flexibility index (Phi) is 6.38. The van der Waals surface area contributed by atoms with Gasteiger partial charge in [-0.05, 0) is 25.5 Å². The van der Waals surface area contributed by atoms with E-state index in [2.05, 4.69) is 5.32 Å². The number of nitrogens with two attached hydrogens (primary N) is 1. The molecule has 0 heterocycles. The number of hydrogen-bond donors (Lipinski definition) is 2. The van der Waals surface area contributed by atoms with Crippen LogP contribution in [0.4, 0.5) is 4.39 Å². The Morgan fingerprint density at radius 1 is 1.55 bits per heavy atom. The summed E-state index contributed by atoms with van der Waals surface area (Å²) < 4.78 is 19.1. The second kappa shape index (κ2) is 7.79. The molecule has 0 aromatic heterocycles. The predicted octanol–water partition coefficient (Wildman–Crippen LogP) is 2.14. The summed E-state index contributed by atoms with van der Waals surface area (Å²) in [6.07, 6.45) is 1.14. The normalized spacial score (nSPS) is 11.8. The van der Waals surface area contributed by atoms with Gasteiger partial charge in [-0.1, -0.05) is 31.6 Å². The van der Waals surface area contributed by atoms with Crippen LogP contribution >= 0.6 is 12.2 Å². The number of hydrogen-bond acceptors (Lipinski definition) is 3. The molecule has 110 valence electrons. The highest BCUT2D eigenvalue weighted by molar-refractivity contribution is 7.80. The number of rotatable bonds is 7. The number of nitrogens with one attached hydrogen (secondary N) is 1. The summed E-state index contributed by atoms with van der Waals surface area (Å²) >= 11 is 4.80. The molecule has 0 aliphatic carbocycles. The van der Waals surface area contributed by atoms with Crippen LogP contribution in [0.1, 0.15) is 32.3 Å². The quantitative estimate of drug-likeness (QED) is 0.598. The van der Waals surface area contributed by atoms with Gasteiger partial charge in [-0.2, -0.15) is 0 Å². The summed E-state index contributed by atoms with van der Waals surface area (Å²) in [5.74, 6) is -0.638.